The first-order valence-electron chi connectivity index (χ1n) is 5.56. The first kappa shape index (κ1) is 14.7. The van der Waals surface area contributed by atoms with E-state index in [1.165, 1.54) is 0 Å². The van der Waals surface area contributed by atoms with Gasteiger partial charge in [-0.1, -0.05) is 29.8 Å². The van der Waals surface area contributed by atoms with Crippen molar-refractivity contribution < 1.29 is 4.79 Å². The number of hydrogen-bond donors (Lipinski definition) is 0. The lowest BCUT2D eigenvalue weighted by Crippen LogP contribution is -2.38. The average molecular weight is 363 g/mol. The van der Waals surface area contributed by atoms with E-state index in [4.69, 9.17) is 0 Å². The fraction of sp³-hybridized carbons (Fsp3) is 0.462. The van der Waals surface area contributed by atoms with Crippen LogP contribution < -0.4 is 0 Å². The van der Waals surface area contributed by atoms with Crippen molar-refractivity contribution in [3.05, 3.63) is 32.7 Å². The fourth-order valence-corrected chi connectivity index (χ4v) is 2.26. The SMILES string of the molecule is CC(C)C(C)N(C)C(=O)c1cc(Br)ccc1Br. The number of rotatable bonds is 3. The van der Waals surface area contributed by atoms with Gasteiger partial charge in [-0.05, 0) is 47.0 Å². The summed E-state index contributed by atoms with van der Waals surface area (Å²) < 4.78 is 1.74. The molecular formula is C13H17Br2NO. The van der Waals surface area contributed by atoms with Gasteiger partial charge in [-0.25, -0.2) is 0 Å². The number of nitrogens with zero attached hydrogens (tertiary/aromatic N) is 1. The van der Waals surface area contributed by atoms with E-state index in [0.717, 1.165) is 8.95 Å². The first-order valence-corrected chi connectivity index (χ1v) is 7.15. The van der Waals surface area contributed by atoms with E-state index >= 15 is 0 Å². The van der Waals surface area contributed by atoms with Crippen LogP contribution in [0.5, 0.6) is 0 Å². The van der Waals surface area contributed by atoms with Gasteiger partial charge in [-0.15, -0.1) is 0 Å². The van der Waals surface area contributed by atoms with Crippen LogP contribution in [0.15, 0.2) is 27.1 Å². The molecule has 94 valence electrons. The van der Waals surface area contributed by atoms with Crippen LogP contribution in [0.25, 0.3) is 0 Å². The fourth-order valence-electron chi connectivity index (χ4n) is 1.48. The molecule has 0 aliphatic rings. The molecule has 0 aromatic heterocycles. The third-order valence-corrected chi connectivity index (χ3v) is 4.24. The number of carbonyl (C=O) groups excluding carboxylic acids is 1. The molecule has 0 fully saturated rings. The molecule has 0 N–H and O–H groups in total. The summed E-state index contributed by atoms with van der Waals surface area (Å²) in [6, 6.07) is 5.85. The number of carbonyl (C=O) groups is 1. The predicted octanol–water partition coefficient (Wildman–Crippen LogP) is 4.33. The Hall–Kier alpha value is -0.350. The lowest BCUT2D eigenvalue weighted by Gasteiger charge is -2.28. The van der Waals surface area contributed by atoms with Crippen molar-refractivity contribution in [3.8, 4) is 0 Å². The molecule has 0 aliphatic heterocycles. The van der Waals surface area contributed by atoms with Crippen LogP contribution in [0.1, 0.15) is 31.1 Å². The lowest BCUT2D eigenvalue weighted by atomic mass is 10.0. The Bertz CT molecular complexity index is 418. The topological polar surface area (TPSA) is 20.3 Å². The predicted molar refractivity (Wildman–Crippen MR) is 78.2 cm³/mol. The maximum Gasteiger partial charge on any atom is 0.255 e. The Morgan fingerprint density at radius 3 is 2.35 bits per heavy atom. The largest absolute Gasteiger partial charge is 0.339 e. The van der Waals surface area contributed by atoms with Gasteiger partial charge < -0.3 is 4.90 Å². The van der Waals surface area contributed by atoms with E-state index in [2.05, 4.69) is 52.6 Å². The summed E-state index contributed by atoms with van der Waals surface area (Å²) in [4.78, 5) is 14.1. The molecule has 1 aromatic carbocycles. The van der Waals surface area contributed by atoms with Crippen molar-refractivity contribution in [2.75, 3.05) is 7.05 Å². The van der Waals surface area contributed by atoms with Gasteiger partial charge in [0.2, 0.25) is 0 Å². The van der Waals surface area contributed by atoms with Gasteiger partial charge in [0.1, 0.15) is 0 Å². The normalized spacial score (nSPS) is 12.6. The summed E-state index contributed by atoms with van der Waals surface area (Å²) in [5.74, 6) is 0.481. The van der Waals surface area contributed by atoms with E-state index in [0.29, 0.717) is 11.5 Å². The van der Waals surface area contributed by atoms with Crippen LogP contribution in [0.3, 0.4) is 0 Å². The zero-order chi connectivity index (χ0) is 13.2. The summed E-state index contributed by atoms with van der Waals surface area (Å²) in [5, 5.41) is 0. The first-order chi connectivity index (χ1) is 7.84. The quantitative estimate of drug-likeness (QED) is 0.783. The standard InChI is InChI=1S/C13H17Br2NO/c1-8(2)9(3)16(4)13(17)11-7-10(14)5-6-12(11)15/h5-9H,1-4H3. The minimum atomic E-state index is 0.0411. The molecule has 0 bridgehead atoms. The smallest absolute Gasteiger partial charge is 0.255 e. The molecule has 0 aliphatic carbocycles. The van der Waals surface area contributed by atoms with Gasteiger partial charge >= 0.3 is 0 Å². The van der Waals surface area contributed by atoms with Crippen LogP contribution in [0.4, 0.5) is 0 Å². The maximum absolute atomic E-state index is 12.3. The minimum Gasteiger partial charge on any atom is -0.339 e. The van der Waals surface area contributed by atoms with E-state index in [1.807, 2.05) is 25.2 Å². The molecule has 1 amide bonds. The zero-order valence-corrected chi connectivity index (χ0v) is 13.7. The number of halogens is 2. The number of amides is 1. The summed E-state index contributed by atoms with van der Waals surface area (Å²) >= 11 is 6.81. The van der Waals surface area contributed by atoms with Crippen LogP contribution in [0, 0.1) is 5.92 Å². The van der Waals surface area contributed by atoms with Gasteiger partial charge in [-0.3, -0.25) is 4.79 Å². The Morgan fingerprint density at radius 2 is 1.82 bits per heavy atom. The van der Waals surface area contributed by atoms with E-state index in [9.17, 15) is 4.79 Å². The van der Waals surface area contributed by atoms with Gasteiger partial charge in [0, 0.05) is 22.0 Å². The number of benzene rings is 1. The van der Waals surface area contributed by atoms with Crippen molar-refractivity contribution in [3.63, 3.8) is 0 Å². The molecule has 0 heterocycles. The van der Waals surface area contributed by atoms with Crippen molar-refractivity contribution >= 4 is 37.8 Å². The summed E-state index contributed by atoms with van der Waals surface area (Å²) in [6.45, 7) is 6.29. The van der Waals surface area contributed by atoms with Crippen molar-refractivity contribution in [2.45, 2.75) is 26.8 Å². The molecule has 1 atom stereocenters. The Kier molecular flexibility index (Phi) is 5.20. The molecule has 0 spiro atoms. The summed E-state index contributed by atoms with van der Waals surface area (Å²) in [7, 11) is 1.85. The second-order valence-electron chi connectivity index (χ2n) is 4.52. The Balaban J connectivity index is 3.00. The highest BCUT2D eigenvalue weighted by molar-refractivity contribution is 9.11. The van der Waals surface area contributed by atoms with Gasteiger partial charge in [0.25, 0.3) is 5.91 Å². The Labute approximate surface area is 120 Å². The second kappa shape index (κ2) is 6.01. The van der Waals surface area contributed by atoms with E-state index in [-0.39, 0.29) is 11.9 Å². The van der Waals surface area contributed by atoms with Gasteiger partial charge in [0.15, 0.2) is 0 Å². The highest BCUT2D eigenvalue weighted by Gasteiger charge is 2.21. The third kappa shape index (κ3) is 3.55. The molecule has 0 saturated carbocycles. The minimum absolute atomic E-state index is 0.0411. The van der Waals surface area contributed by atoms with Gasteiger partial charge in [0.05, 0.1) is 5.56 Å². The summed E-state index contributed by atoms with van der Waals surface area (Å²) in [5.41, 5.74) is 0.689. The van der Waals surface area contributed by atoms with E-state index in [1.54, 1.807) is 4.90 Å². The molecule has 0 radical (unpaired) electrons. The van der Waals surface area contributed by atoms with Crippen LogP contribution in [0.2, 0.25) is 0 Å². The molecule has 4 heteroatoms. The van der Waals surface area contributed by atoms with Crippen molar-refractivity contribution in [1.82, 2.24) is 4.90 Å². The third-order valence-electron chi connectivity index (χ3n) is 3.05. The van der Waals surface area contributed by atoms with Gasteiger partial charge in [-0.2, -0.15) is 0 Å². The van der Waals surface area contributed by atoms with Crippen LogP contribution in [-0.4, -0.2) is 23.9 Å². The Morgan fingerprint density at radius 1 is 1.24 bits per heavy atom. The molecule has 2 nitrogen and oxygen atoms in total. The maximum atomic E-state index is 12.3. The van der Waals surface area contributed by atoms with Crippen molar-refractivity contribution in [1.29, 1.82) is 0 Å². The number of hydrogen-bond acceptors (Lipinski definition) is 1. The molecule has 17 heavy (non-hydrogen) atoms. The highest BCUT2D eigenvalue weighted by Crippen LogP contribution is 2.24. The molecule has 0 saturated heterocycles. The molecular weight excluding hydrogens is 346 g/mol. The molecule has 1 aromatic rings. The molecule has 1 unspecified atom stereocenters. The second-order valence-corrected chi connectivity index (χ2v) is 6.29. The lowest BCUT2D eigenvalue weighted by molar-refractivity contribution is 0.0706. The summed E-state index contributed by atoms with van der Waals surface area (Å²) in [6.07, 6.45) is 0. The van der Waals surface area contributed by atoms with Crippen molar-refractivity contribution in [2.24, 2.45) is 5.92 Å². The van der Waals surface area contributed by atoms with E-state index < -0.39 is 0 Å². The monoisotopic (exact) mass is 361 g/mol. The highest BCUT2D eigenvalue weighted by atomic mass is 79.9. The zero-order valence-electron chi connectivity index (χ0n) is 10.5. The van der Waals surface area contributed by atoms with Crippen LogP contribution >= 0.6 is 31.9 Å². The average Bonchev–Trinajstić information content (AvgIpc) is 2.29. The van der Waals surface area contributed by atoms with Crippen LogP contribution in [-0.2, 0) is 0 Å². The molecule has 1 rings (SSSR count).